The number of hydrogen-bond acceptors (Lipinski definition) is 2. The van der Waals surface area contributed by atoms with E-state index in [4.69, 9.17) is 5.11 Å². The van der Waals surface area contributed by atoms with Crippen LogP contribution >= 0.6 is 15.9 Å². The molecule has 0 amide bonds. The number of carbonyl (C=O) groups is 1. The average Bonchev–Trinajstić information content (AvgIpc) is 2.39. The molecular formula is C16H16BrNO2. The van der Waals surface area contributed by atoms with Gasteiger partial charge in [0.1, 0.15) is 0 Å². The normalized spacial score (nSPS) is 10.7. The predicted molar refractivity (Wildman–Crippen MR) is 82.3 cm³/mol. The van der Waals surface area contributed by atoms with Crippen molar-refractivity contribution in [3.8, 4) is 0 Å². The van der Waals surface area contributed by atoms with Gasteiger partial charge in [0.15, 0.2) is 0 Å². The summed E-state index contributed by atoms with van der Waals surface area (Å²) in [5.74, 6) is -0.809. The van der Waals surface area contributed by atoms with E-state index < -0.39 is 5.97 Å². The first-order chi connectivity index (χ1) is 9.63. The molecule has 2 rings (SSSR count). The van der Waals surface area contributed by atoms with Crippen LogP contribution in [0, 0.1) is 0 Å². The molecule has 0 aromatic heterocycles. The van der Waals surface area contributed by atoms with Gasteiger partial charge in [-0.15, -0.1) is 0 Å². The highest BCUT2D eigenvalue weighted by Crippen LogP contribution is 2.15. The van der Waals surface area contributed by atoms with Crippen LogP contribution in [0.4, 0.5) is 0 Å². The third-order valence-electron chi connectivity index (χ3n) is 2.90. The second kappa shape index (κ2) is 7.22. The highest BCUT2D eigenvalue weighted by atomic mass is 79.9. The summed E-state index contributed by atoms with van der Waals surface area (Å²) in [5.41, 5.74) is 2.21. The number of benzene rings is 2. The summed E-state index contributed by atoms with van der Waals surface area (Å²) in [5, 5.41) is 9.04. The molecule has 20 heavy (non-hydrogen) atoms. The molecule has 0 aliphatic rings. The van der Waals surface area contributed by atoms with Gasteiger partial charge in [-0.1, -0.05) is 58.4 Å². The number of rotatable bonds is 6. The first-order valence-corrected chi connectivity index (χ1v) is 7.15. The molecule has 4 heteroatoms. The standard InChI is InChI=1S/C16H16BrNO2/c17-15-8-4-7-14(9-15)11-18(12-16(19)20)10-13-5-2-1-3-6-13/h1-9H,10-12H2,(H,19,20). The van der Waals surface area contributed by atoms with E-state index in [9.17, 15) is 4.79 Å². The van der Waals surface area contributed by atoms with E-state index in [-0.39, 0.29) is 6.54 Å². The van der Waals surface area contributed by atoms with E-state index >= 15 is 0 Å². The lowest BCUT2D eigenvalue weighted by Gasteiger charge is -2.20. The Morgan fingerprint density at radius 1 is 1.00 bits per heavy atom. The smallest absolute Gasteiger partial charge is 0.317 e. The lowest BCUT2D eigenvalue weighted by atomic mass is 10.1. The fourth-order valence-corrected chi connectivity index (χ4v) is 2.54. The first-order valence-electron chi connectivity index (χ1n) is 6.36. The minimum Gasteiger partial charge on any atom is -0.480 e. The van der Waals surface area contributed by atoms with Gasteiger partial charge in [0.25, 0.3) is 0 Å². The van der Waals surface area contributed by atoms with Crippen molar-refractivity contribution in [2.75, 3.05) is 6.54 Å². The van der Waals surface area contributed by atoms with E-state index in [1.165, 1.54) is 0 Å². The molecule has 0 spiro atoms. The van der Waals surface area contributed by atoms with Gasteiger partial charge in [0.2, 0.25) is 0 Å². The summed E-state index contributed by atoms with van der Waals surface area (Å²) in [6, 6.07) is 17.8. The molecule has 1 N–H and O–H groups in total. The van der Waals surface area contributed by atoms with E-state index in [0.29, 0.717) is 13.1 Å². The fraction of sp³-hybridized carbons (Fsp3) is 0.188. The summed E-state index contributed by atoms with van der Waals surface area (Å²) in [6.45, 7) is 1.27. The Balaban J connectivity index is 2.09. The second-order valence-electron chi connectivity index (χ2n) is 4.65. The molecule has 0 saturated carbocycles. The Kier molecular flexibility index (Phi) is 5.32. The Bertz CT molecular complexity index is 572. The van der Waals surface area contributed by atoms with Crippen molar-refractivity contribution in [3.05, 3.63) is 70.2 Å². The fourth-order valence-electron chi connectivity index (χ4n) is 2.09. The summed E-state index contributed by atoms with van der Waals surface area (Å²) in [7, 11) is 0. The van der Waals surface area contributed by atoms with Gasteiger partial charge in [0, 0.05) is 17.6 Å². The molecule has 0 radical (unpaired) electrons. The van der Waals surface area contributed by atoms with Crippen molar-refractivity contribution >= 4 is 21.9 Å². The average molecular weight is 334 g/mol. The highest BCUT2D eigenvalue weighted by Gasteiger charge is 2.11. The van der Waals surface area contributed by atoms with Crippen molar-refractivity contribution in [2.45, 2.75) is 13.1 Å². The Morgan fingerprint density at radius 2 is 1.65 bits per heavy atom. The van der Waals surface area contributed by atoms with Gasteiger partial charge in [-0.25, -0.2) is 0 Å². The van der Waals surface area contributed by atoms with E-state index in [1.807, 2.05) is 59.5 Å². The molecule has 0 saturated heterocycles. The maximum atomic E-state index is 11.0. The van der Waals surface area contributed by atoms with Gasteiger partial charge in [-0.2, -0.15) is 0 Å². The van der Waals surface area contributed by atoms with Crippen LogP contribution in [0.2, 0.25) is 0 Å². The zero-order chi connectivity index (χ0) is 14.4. The predicted octanol–water partition coefficient (Wildman–Crippen LogP) is 3.54. The molecular weight excluding hydrogens is 318 g/mol. The molecule has 2 aromatic carbocycles. The van der Waals surface area contributed by atoms with Crippen LogP contribution < -0.4 is 0 Å². The van der Waals surface area contributed by atoms with Crippen LogP contribution in [0.1, 0.15) is 11.1 Å². The highest BCUT2D eigenvalue weighted by molar-refractivity contribution is 9.10. The summed E-state index contributed by atoms with van der Waals surface area (Å²) < 4.78 is 1.00. The van der Waals surface area contributed by atoms with Crippen LogP contribution in [0.15, 0.2) is 59.1 Å². The number of aliphatic carboxylic acids is 1. The number of halogens is 1. The third kappa shape index (κ3) is 4.79. The van der Waals surface area contributed by atoms with Crippen molar-refractivity contribution in [3.63, 3.8) is 0 Å². The maximum Gasteiger partial charge on any atom is 0.317 e. The Labute approximate surface area is 127 Å². The number of carboxylic acid groups (broad SMARTS) is 1. The molecule has 0 bridgehead atoms. The number of nitrogens with zero attached hydrogens (tertiary/aromatic N) is 1. The molecule has 0 aliphatic carbocycles. The minimum absolute atomic E-state index is 0.0292. The quantitative estimate of drug-likeness (QED) is 0.878. The van der Waals surface area contributed by atoms with E-state index in [0.717, 1.165) is 15.6 Å². The van der Waals surface area contributed by atoms with Gasteiger partial charge < -0.3 is 5.11 Å². The molecule has 0 unspecified atom stereocenters. The van der Waals surface area contributed by atoms with Gasteiger partial charge >= 0.3 is 5.97 Å². The SMILES string of the molecule is O=C(O)CN(Cc1ccccc1)Cc1cccc(Br)c1. The lowest BCUT2D eigenvalue weighted by molar-refractivity contribution is -0.138. The monoisotopic (exact) mass is 333 g/mol. The van der Waals surface area contributed by atoms with Crippen LogP contribution in [-0.2, 0) is 17.9 Å². The third-order valence-corrected chi connectivity index (χ3v) is 3.40. The minimum atomic E-state index is -0.809. The molecule has 0 aliphatic heterocycles. The van der Waals surface area contributed by atoms with Gasteiger partial charge in [-0.05, 0) is 23.3 Å². The van der Waals surface area contributed by atoms with Crippen molar-refractivity contribution in [2.24, 2.45) is 0 Å². The van der Waals surface area contributed by atoms with E-state index in [2.05, 4.69) is 15.9 Å². The number of hydrogen-bond donors (Lipinski definition) is 1. The largest absolute Gasteiger partial charge is 0.480 e. The molecule has 3 nitrogen and oxygen atoms in total. The van der Waals surface area contributed by atoms with Crippen LogP contribution in [0.25, 0.3) is 0 Å². The van der Waals surface area contributed by atoms with Crippen molar-refractivity contribution in [1.82, 2.24) is 4.90 Å². The second-order valence-corrected chi connectivity index (χ2v) is 5.57. The Morgan fingerprint density at radius 3 is 2.30 bits per heavy atom. The maximum absolute atomic E-state index is 11.0. The van der Waals surface area contributed by atoms with E-state index in [1.54, 1.807) is 0 Å². The molecule has 104 valence electrons. The summed E-state index contributed by atoms with van der Waals surface area (Å²) in [4.78, 5) is 12.9. The molecule has 0 atom stereocenters. The number of carboxylic acids is 1. The lowest BCUT2D eigenvalue weighted by Crippen LogP contribution is -2.28. The van der Waals surface area contributed by atoms with Crippen LogP contribution in [-0.4, -0.2) is 22.5 Å². The molecule has 0 heterocycles. The first kappa shape index (κ1) is 14.8. The topological polar surface area (TPSA) is 40.5 Å². The molecule has 0 fully saturated rings. The van der Waals surface area contributed by atoms with Gasteiger partial charge in [0.05, 0.1) is 6.54 Å². The van der Waals surface area contributed by atoms with Gasteiger partial charge in [-0.3, -0.25) is 9.69 Å². The van der Waals surface area contributed by atoms with Crippen LogP contribution in [0.3, 0.4) is 0 Å². The Hall–Kier alpha value is -1.65. The van der Waals surface area contributed by atoms with Crippen molar-refractivity contribution < 1.29 is 9.90 Å². The summed E-state index contributed by atoms with van der Waals surface area (Å²) >= 11 is 3.43. The summed E-state index contributed by atoms with van der Waals surface area (Å²) in [6.07, 6.45) is 0. The van der Waals surface area contributed by atoms with Crippen LogP contribution in [0.5, 0.6) is 0 Å². The zero-order valence-electron chi connectivity index (χ0n) is 11.0. The van der Waals surface area contributed by atoms with Crippen molar-refractivity contribution in [1.29, 1.82) is 0 Å². The molecule has 2 aromatic rings. The zero-order valence-corrected chi connectivity index (χ0v) is 12.6.